The van der Waals surface area contributed by atoms with Gasteiger partial charge in [0, 0.05) is 5.39 Å². The Kier molecular flexibility index (Phi) is 2.95. The molecule has 122 valence electrons. The van der Waals surface area contributed by atoms with Crippen molar-refractivity contribution in [2.24, 2.45) is 4.99 Å². The highest BCUT2D eigenvalue weighted by atomic mass is 35.5. The zero-order valence-corrected chi connectivity index (χ0v) is 15.2. The molecule has 0 N–H and O–H groups in total. The van der Waals surface area contributed by atoms with Crippen LogP contribution >= 0.6 is 46.4 Å². The lowest BCUT2D eigenvalue weighted by Crippen LogP contribution is -2.31. The van der Waals surface area contributed by atoms with Crippen molar-refractivity contribution >= 4 is 80.3 Å². The number of amidine groups is 1. The number of hydrogen-bond donors (Lipinski definition) is 0. The SMILES string of the molecule is [2H]c1ccc2cccc3c2c1N1C(=O)c2c(Cl)c(Cl)c(Cl)c(Cl)c2C1=N3. The van der Waals surface area contributed by atoms with Crippen LogP contribution in [0.2, 0.25) is 20.1 Å². The van der Waals surface area contributed by atoms with Gasteiger partial charge < -0.3 is 0 Å². The van der Waals surface area contributed by atoms with Crippen molar-refractivity contribution < 1.29 is 6.17 Å². The van der Waals surface area contributed by atoms with Crippen molar-refractivity contribution in [3.8, 4) is 0 Å². The van der Waals surface area contributed by atoms with Crippen LogP contribution in [0.1, 0.15) is 17.3 Å². The fourth-order valence-corrected chi connectivity index (χ4v) is 4.31. The van der Waals surface area contributed by atoms with E-state index >= 15 is 0 Å². The molecule has 3 aromatic rings. The monoisotopic (exact) mass is 407 g/mol. The van der Waals surface area contributed by atoms with Gasteiger partial charge in [0.1, 0.15) is 0 Å². The normalized spacial score (nSPS) is 15.2. The molecule has 0 fully saturated rings. The van der Waals surface area contributed by atoms with Crippen molar-refractivity contribution in [3.05, 3.63) is 67.6 Å². The Bertz CT molecular complexity index is 1220. The predicted molar refractivity (Wildman–Crippen MR) is 103 cm³/mol. The minimum Gasteiger partial charge on any atom is -0.268 e. The lowest BCUT2D eigenvalue weighted by atomic mass is 10.0. The second kappa shape index (κ2) is 5.12. The molecule has 0 aromatic heterocycles. The van der Waals surface area contributed by atoms with Crippen molar-refractivity contribution in [1.29, 1.82) is 0 Å². The number of nitrogens with zero attached hydrogens (tertiary/aromatic N) is 2. The van der Waals surface area contributed by atoms with Gasteiger partial charge in [-0.3, -0.25) is 9.69 Å². The molecule has 2 aliphatic rings. The molecule has 3 nitrogen and oxygen atoms in total. The Morgan fingerprint density at radius 3 is 2.36 bits per heavy atom. The molecule has 0 bridgehead atoms. The molecule has 0 spiro atoms. The molecule has 2 heterocycles. The van der Waals surface area contributed by atoms with Gasteiger partial charge in [-0.15, -0.1) is 0 Å². The number of amides is 1. The van der Waals surface area contributed by atoms with Crippen molar-refractivity contribution in [1.82, 2.24) is 0 Å². The van der Waals surface area contributed by atoms with E-state index in [1.807, 2.05) is 24.3 Å². The number of carbonyl (C=O) groups is 1. The van der Waals surface area contributed by atoms with Crippen LogP contribution in [0.5, 0.6) is 0 Å². The highest BCUT2D eigenvalue weighted by molar-refractivity contribution is 6.57. The average molecular weight is 409 g/mol. The molecule has 25 heavy (non-hydrogen) atoms. The zero-order valence-electron chi connectivity index (χ0n) is 13.2. The van der Waals surface area contributed by atoms with E-state index in [-0.39, 0.29) is 31.7 Å². The number of aliphatic imine (C=N–C) groups is 1. The van der Waals surface area contributed by atoms with Crippen LogP contribution in [0.15, 0.2) is 41.4 Å². The third kappa shape index (κ3) is 1.84. The molecule has 0 unspecified atom stereocenters. The van der Waals surface area contributed by atoms with Gasteiger partial charge in [-0.25, -0.2) is 4.99 Å². The maximum atomic E-state index is 13.2. The molecule has 2 aliphatic heterocycles. The third-order valence-electron chi connectivity index (χ3n) is 4.36. The number of halogens is 4. The molecule has 0 aliphatic carbocycles. The molecule has 0 atom stereocenters. The van der Waals surface area contributed by atoms with Crippen LogP contribution < -0.4 is 4.90 Å². The van der Waals surface area contributed by atoms with Crippen LogP contribution in [-0.4, -0.2) is 11.7 Å². The number of fused-ring (bicyclic) bond motifs is 4. The first-order chi connectivity index (χ1) is 12.4. The van der Waals surface area contributed by atoms with E-state index in [2.05, 4.69) is 4.99 Å². The summed E-state index contributed by atoms with van der Waals surface area (Å²) in [5.41, 5.74) is 1.58. The third-order valence-corrected chi connectivity index (χ3v) is 6.17. The van der Waals surface area contributed by atoms with Crippen molar-refractivity contribution in [2.45, 2.75) is 0 Å². The predicted octanol–water partition coefficient (Wildman–Crippen LogP) is 6.51. The molecule has 3 aromatic carbocycles. The summed E-state index contributed by atoms with van der Waals surface area (Å²) in [6.45, 7) is 0. The molecule has 0 saturated carbocycles. The van der Waals surface area contributed by atoms with E-state index in [9.17, 15) is 4.79 Å². The first-order valence-electron chi connectivity index (χ1n) is 7.73. The zero-order chi connectivity index (χ0) is 18.3. The number of benzene rings is 3. The molecular weight excluding hydrogens is 402 g/mol. The van der Waals surface area contributed by atoms with E-state index < -0.39 is 5.91 Å². The first-order valence-corrected chi connectivity index (χ1v) is 8.74. The Hall–Kier alpha value is -1.78. The van der Waals surface area contributed by atoms with Gasteiger partial charge in [0.2, 0.25) is 0 Å². The second-order valence-corrected chi connectivity index (χ2v) is 7.16. The number of anilines is 1. The smallest absolute Gasteiger partial charge is 0.266 e. The molecule has 0 saturated heterocycles. The maximum Gasteiger partial charge on any atom is 0.266 e. The topological polar surface area (TPSA) is 32.7 Å². The maximum absolute atomic E-state index is 13.2. The van der Waals surface area contributed by atoms with E-state index in [4.69, 9.17) is 47.8 Å². The minimum absolute atomic E-state index is 0.0210. The lowest BCUT2D eigenvalue weighted by molar-refractivity contribution is 0.101. The van der Waals surface area contributed by atoms with Crippen molar-refractivity contribution in [2.75, 3.05) is 4.90 Å². The van der Waals surface area contributed by atoms with Crippen LogP contribution in [0, 0.1) is 0 Å². The molecule has 7 heteroatoms. The van der Waals surface area contributed by atoms with E-state index in [0.29, 0.717) is 22.8 Å². The number of hydrogen-bond acceptors (Lipinski definition) is 2. The van der Waals surface area contributed by atoms with Gasteiger partial charge in [-0.2, -0.15) is 0 Å². The highest BCUT2D eigenvalue weighted by Gasteiger charge is 2.43. The lowest BCUT2D eigenvalue weighted by Gasteiger charge is -2.24. The van der Waals surface area contributed by atoms with Crippen LogP contribution in [0.4, 0.5) is 11.4 Å². The summed E-state index contributed by atoms with van der Waals surface area (Å²) >= 11 is 25.0. The molecule has 0 radical (unpaired) electrons. The fraction of sp³-hybridized carbons (Fsp3) is 0. The fourth-order valence-electron chi connectivity index (χ4n) is 3.30. The summed E-state index contributed by atoms with van der Waals surface area (Å²) in [4.78, 5) is 19.2. The Morgan fingerprint density at radius 2 is 1.60 bits per heavy atom. The van der Waals surface area contributed by atoms with Gasteiger partial charge >= 0.3 is 0 Å². The van der Waals surface area contributed by atoms with Gasteiger partial charge in [-0.05, 0) is 17.5 Å². The summed E-state index contributed by atoms with van der Waals surface area (Å²) in [6.07, 6.45) is 0. The Morgan fingerprint density at radius 1 is 0.920 bits per heavy atom. The minimum atomic E-state index is -0.431. The Balaban J connectivity index is 1.95. The molecular formula is C18H6Cl4N2O. The van der Waals surface area contributed by atoms with Gasteiger partial charge in [0.15, 0.2) is 5.84 Å². The summed E-state index contributed by atoms with van der Waals surface area (Å²) in [7, 11) is 0. The quantitative estimate of drug-likeness (QED) is 0.308. The van der Waals surface area contributed by atoms with Gasteiger partial charge in [0.05, 0.1) is 44.0 Å². The van der Waals surface area contributed by atoms with E-state index in [1.165, 1.54) is 4.90 Å². The van der Waals surface area contributed by atoms with Gasteiger partial charge in [0.25, 0.3) is 5.91 Å². The molecule has 1 amide bonds. The first kappa shape index (κ1) is 14.4. The second-order valence-electron chi connectivity index (χ2n) is 5.65. The summed E-state index contributed by atoms with van der Waals surface area (Å²) < 4.78 is 8.36. The number of carbonyl (C=O) groups excluding carboxylic acids is 1. The van der Waals surface area contributed by atoms with Crippen LogP contribution in [0.3, 0.4) is 0 Å². The van der Waals surface area contributed by atoms with Gasteiger partial charge in [-0.1, -0.05) is 70.7 Å². The average Bonchev–Trinajstić information content (AvgIpc) is 2.93. The largest absolute Gasteiger partial charge is 0.268 e. The Labute approximate surface area is 163 Å². The van der Waals surface area contributed by atoms with E-state index in [1.54, 1.807) is 6.07 Å². The number of rotatable bonds is 0. The van der Waals surface area contributed by atoms with Crippen LogP contribution in [-0.2, 0) is 0 Å². The molecule has 5 rings (SSSR count). The summed E-state index contributed by atoms with van der Waals surface area (Å²) in [5, 5.41) is 1.85. The summed E-state index contributed by atoms with van der Waals surface area (Å²) in [5.74, 6) is -0.130. The summed E-state index contributed by atoms with van der Waals surface area (Å²) in [6, 6.07) is 9.26. The standard InChI is InChI=1S/C18H6Cl4N2O/c19-13-11-12(14(20)16(22)15(13)21)18(25)24-9-6-2-4-7-3-1-5-8(10(7)9)23-17(11)24/h1-6H/i6D. The van der Waals surface area contributed by atoms with E-state index in [0.717, 1.165) is 10.8 Å². The highest BCUT2D eigenvalue weighted by Crippen LogP contribution is 2.49. The van der Waals surface area contributed by atoms with Crippen LogP contribution in [0.25, 0.3) is 10.8 Å². The van der Waals surface area contributed by atoms with Crippen molar-refractivity contribution in [3.63, 3.8) is 0 Å².